The summed E-state index contributed by atoms with van der Waals surface area (Å²) < 4.78 is 2.53. The predicted molar refractivity (Wildman–Crippen MR) is 37.2 cm³/mol. The van der Waals surface area contributed by atoms with Crippen LogP contribution in [0, 0.1) is 0 Å². The molecular formula is C6H8Li2. The van der Waals surface area contributed by atoms with Crippen LogP contribution in [0.5, 0.6) is 0 Å². The van der Waals surface area contributed by atoms with Crippen molar-refractivity contribution in [2.75, 3.05) is 0 Å². The van der Waals surface area contributed by atoms with E-state index in [2.05, 4.69) is 41.5 Å². The summed E-state index contributed by atoms with van der Waals surface area (Å²) in [5, 5.41) is 0. The monoisotopic (exact) mass is 94.1 g/mol. The van der Waals surface area contributed by atoms with Gasteiger partial charge in [0, 0.05) is 0 Å². The van der Waals surface area contributed by atoms with E-state index in [0.717, 1.165) is 4.59 Å². The first-order valence-electron chi connectivity index (χ1n) is 3.44. The summed E-state index contributed by atoms with van der Waals surface area (Å²) >= 11 is 4.55. The second kappa shape index (κ2) is 3.19. The Bertz CT molecular complexity index is 107. The molecule has 0 nitrogen and oxygen atoms in total. The van der Waals surface area contributed by atoms with E-state index >= 15 is 0 Å². The average molecular weight is 94.0 g/mol. The molecule has 0 spiro atoms. The van der Waals surface area contributed by atoms with Gasteiger partial charge in [-0.15, -0.1) is 0 Å². The van der Waals surface area contributed by atoms with Crippen molar-refractivity contribution in [3.8, 4) is 0 Å². The minimum absolute atomic E-state index is 0.943. The average Bonchev–Trinajstić information content (AvgIpc) is 1.77. The summed E-state index contributed by atoms with van der Waals surface area (Å²) in [7, 11) is 0. The van der Waals surface area contributed by atoms with Crippen LogP contribution >= 0.6 is 0 Å². The molecule has 0 aromatic rings. The zero-order chi connectivity index (χ0) is 5.98. The molecule has 0 fully saturated rings. The van der Waals surface area contributed by atoms with Crippen LogP contribution in [0.3, 0.4) is 0 Å². The van der Waals surface area contributed by atoms with Crippen molar-refractivity contribution < 1.29 is 0 Å². The van der Waals surface area contributed by atoms with Crippen LogP contribution in [0.4, 0.5) is 0 Å². The summed E-state index contributed by atoms with van der Waals surface area (Å²) in [6, 6.07) is 0. The maximum atomic E-state index is 2.37. The van der Waals surface area contributed by atoms with Crippen molar-refractivity contribution in [2.24, 2.45) is 0 Å². The van der Waals surface area contributed by atoms with Crippen molar-refractivity contribution in [1.29, 1.82) is 0 Å². The SMILES string of the molecule is [Li][C]1=CC[CH]([Li])CC1. The van der Waals surface area contributed by atoms with Gasteiger partial charge in [-0.2, -0.15) is 0 Å². The molecule has 0 N–H and O–H groups in total. The molecule has 0 radical (unpaired) electrons. The number of hydrogen-bond acceptors (Lipinski definition) is 0. The van der Waals surface area contributed by atoms with Crippen LogP contribution in [-0.2, 0) is 0 Å². The van der Waals surface area contributed by atoms with Gasteiger partial charge in [0.05, 0.1) is 0 Å². The fraction of sp³-hybridized carbons (Fsp3) is 0.667. The van der Waals surface area contributed by atoms with E-state index in [1.807, 2.05) is 0 Å². The molecule has 0 heterocycles. The van der Waals surface area contributed by atoms with Gasteiger partial charge in [0.15, 0.2) is 0 Å². The predicted octanol–water partition coefficient (Wildman–Crippen LogP) is 1.18. The van der Waals surface area contributed by atoms with E-state index < -0.39 is 0 Å². The van der Waals surface area contributed by atoms with Gasteiger partial charge in [-0.05, 0) is 0 Å². The molecule has 0 aromatic heterocycles. The third-order valence-electron chi connectivity index (χ3n) is 1.90. The van der Waals surface area contributed by atoms with Crippen molar-refractivity contribution in [3.05, 3.63) is 10.3 Å². The Morgan fingerprint density at radius 3 is 2.75 bits per heavy atom. The summed E-state index contributed by atoms with van der Waals surface area (Å²) in [5.41, 5.74) is 0. The first-order chi connectivity index (χ1) is 3.79. The molecule has 0 amide bonds. The second-order valence-corrected chi connectivity index (χ2v) is 2.93. The molecule has 1 atom stereocenters. The number of hydrogen-bond donors (Lipinski definition) is 0. The normalized spacial score (nSPS) is 30.0. The van der Waals surface area contributed by atoms with Crippen LogP contribution < -0.4 is 0 Å². The van der Waals surface area contributed by atoms with Crippen molar-refractivity contribution in [1.82, 2.24) is 0 Å². The Hall–Kier alpha value is 0.935. The Kier molecular flexibility index (Phi) is 2.81. The molecule has 0 saturated carbocycles. The van der Waals surface area contributed by atoms with Gasteiger partial charge in [-0.3, -0.25) is 0 Å². The number of rotatable bonds is 0. The van der Waals surface area contributed by atoms with Crippen LogP contribution in [0.1, 0.15) is 19.3 Å². The Balaban J connectivity index is 2.42. The number of allylic oxidation sites excluding steroid dienone is 2. The molecular weight excluding hydrogens is 85.9 g/mol. The molecule has 2 heteroatoms. The zero-order valence-electron chi connectivity index (χ0n) is 5.78. The molecule has 8 heavy (non-hydrogen) atoms. The van der Waals surface area contributed by atoms with Gasteiger partial charge in [-0.1, -0.05) is 0 Å². The van der Waals surface area contributed by atoms with E-state index in [1.54, 1.807) is 4.25 Å². The van der Waals surface area contributed by atoms with Crippen molar-refractivity contribution >= 4 is 35.4 Å². The van der Waals surface area contributed by atoms with Crippen molar-refractivity contribution in [2.45, 2.75) is 23.9 Å². The molecule has 1 rings (SSSR count). The van der Waals surface area contributed by atoms with E-state index in [-0.39, 0.29) is 0 Å². The minimum atomic E-state index is 0.943. The van der Waals surface area contributed by atoms with Crippen LogP contribution in [0.25, 0.3) is 0 Å². The standard InChI is InChI=1S/C6H8.2Li/c1-2-4-6-5-3-1;;/h1,4H,2-3,5H2;;. The first-order valence-corrected chi connectivity index (χ1v) is 3.44. The van der Waals surface area contributed by atoms with Gasteiger partial charge < -0.3 is 0 Å². The Labute approximate surface area is 69.5 Å². The molecule has 0 saturated heterocycles. The quantitative estimate of drug-likeness (QED) is 0.395. The fourth-order valence-electron chi connectivity index (χ4n) is 1.10. The molecule has 1 unspecified atom stereocenters. The molecule has 0 aliphatic heterocycles. The summed E-state index contributed by atoms with van der Waals surface area (Å²) in [5.74, 6) is 0. The van der Waals surface area contributed by atoms with Crippen LogP contribution in [-0.4, -0.2) is 35.4 Å². The van der Waals surface area contributed by atoms with E-state index in [0.29, 0.717) is 0 Å². The summed E-state index contributed by atoms with van der Waals surface area (Å²) in [4.78, 5) is 0. The fourth-order valence-corrected chi connectivity index (χ4v) is 1.10. The molecule has 34 valence electrons. The van der Waals surface area contributed by atoms with Gasteiger partial charge in [0.2, 0.25) is 0 Å². The Morgan fingerprint density at radius 2 is 2.38 bits per heavy atom. The second-order valence-electron chi connectivity index (χ2n) is 2.93. The van der Waals surface area contributed by atoms with Crippen LogP contribution in [0.2, 0.25) is 4.59 Å². The van der Waals surface area contributed by atoms with Gasteiger partial charge in [0.1, 0.15) is 0 Å². The van der Waals surface area contributed by atoms with Gasteiger partial charge in [0.25, 0.3) is 0 Å². The first kappa shape index (κ1) is 7.05. The maximum absolute atomic E-state index is 2.37. The Morgan fingerprint density at radius 1 is 1.62 bits per heavy atom. The van der Waals surface area contributed by atoms with E-state index in [4.69, 9.17) is 0 Å². The molecule has 0 aromatic carbocycles. The van der Waals surface area contributed by atoms with E-state index in [1.165, 1.54) is 19.3 Å². The molecule has 0 bridgehead atoms. The zero-order valence-corrected chi connectivity index (χ0v) is 5.78. The third kappa shape index (κ3) is 2.04. The van der Waals surface area contributed by atoms with E-state index in [9.17, 15) is 0 Å². The third-order valence-corrected chi connectivity index (χ3v) is 1.90. The molecule has 1 aliphatic carbocycles. The van der Waals surface area contributed by atoms with Crippen molar-refractivity contribution in [3.63, 3.8) is 0 Å². The van der Waals surface area contributed by atoms with Gasteiger partial charge >= 0.3 is 69.6 Å². The van der Waals surface area contributed by atoms with Crippen LogP contribution in [0.15, 0.2) is 10.3 Å². The van der Waals surface area contributed by atoms with Gasteiger partial charge in [-0.25, -0.2) is 0 Å². The summed E-state index contributed by atoms with van der Waals surface area (Å²) in [6.45, 7) is 0. The topological polar surface area (TPSA) is 0 Å². The summed E-state index contributed by atoms with van der Waals surface area (Å²) in [6.07, 6.45) is 6.42. The molecule has 1 aliphatic rings.